The third-order valence-electron chi connectivity index (χ3n) is 4.00. The molecule has 1 aromatic rings. The predicted octanol–water partition coefficient (Wildman–Crippen LogP) is 3.07. The number of carboxylic acids is 1. The van der Waals surface area contributed by atoms with Gasteiger partial charge in [0.2, 0.25) is 0 Å². The van der Waals surface area contributed by atoms with E-state index < -0.39 is 5.97 Å². The molecule has 0 aromatic heterocycles. The summed E-state index contributed by atoms with van der Waals surface area (Å²) in [7, 11) is 0. The van der Waals surface area contributed by atoms with E-state index in [1.807, 2.05) is 0 Å². The van der Waals surface area contributed by atoms with Crippen molar-refractivity contribution < 1.29 is 9.90 Å². The number of aryl methyl sites for hydroxylation is 1. The lowest BCUT2D eigenvalue weighted by Crippen LogP contribution is -2.33. The van der Waals surface area contributed by atoms with Crippen molar-refractivity contribution in [3.8, 4) is 0 Å². The summed E-state index contributed by atoms with van der Waals surface area (Å²) in [6.07, 6.45) is 3.44. The third kappa shape index (κ3) is 4.67. The van der Waals surface area contributed by atoms with Crippen LogP contribution >= 0.6 is 0 Å². The van der Waals surface area contributed by atoms with Gasteiger partial charge in [-0.3, -0.25) is 9.69 Å². The van der Waals surface area contributed by atoms with Crippen molar-refractivity contribution in [1.82, 2.24) is 4.90 Å². The number of benzene rings is 1. The number of nitrogens with zero attached hydrogens (tertiary/aromatic N) is 1. The minimum atomic E-state index is -0.665. The van der Waals surface area contributed by atoms with Gasteiger partial charge in [-0.05, 0) is 50.8 Å². The Balaban J connectivity index is 1.74. The fourth-order valence-electron chi connectivity index (χ4n) is 2.71. The summed E-state index contributed by atoms with van der Waals surface area (Å²) in [6.45, 7) is 5.32. The Kier molecular flexibility index (Phi) is 4.97. The molecule has 1 saturated heterocycles. The summed E-state index contributed by atoms with van der Waals surface area (Å²) >= 11 is 0. The van der Waals surface area contributed by atoms with Crippen molar-refractivity contribution >= 4 is 5.97 Å². The van der Waals surface area contributed by atoms with Crippen molar-refractivity contribution in [3.63, 3.8) is 0 Å². The highest BCUT2D eigenvalue weighted by Gasteiger charge is 2.19. The first-order valence-electron chi connectivity index (χ1n) is 7.13. The number of hydrogen-bond donors (Lipinski definition) is 1. The molecule has 0 atom stereocenters. The molecule has 1 aromatic carbocycles. The Hall–Kier alpha value is -1.35. The highest BCUT2D eigenvalue weighted by Crippen LogP contribution is 2.23. The Morgan fingerprint density at radius 2 is 1.89 bits per heavy atom. The first-order chi connectivity index (χ1) is 9.13. The summed E-state index contributed by atoms with van der Waals surface area (Å²) in [5, 5.41) is 8.70. The van der Waals surface area contributed by atoms with Crippen LogP contribution in [0.5, 0.6) is 0 Å². The van der Waals surface area contributed by atoms with E-state index >= 15 is 0 Å². The number of rotatable bonds is 5. The zero-order valence-corrected chi connectivity index (χ0v) is 11.6. The number of likely N-dealkylation sites (tertiary alicyclic amines) is 1. The van der Waals surface area contributed by atoms with Crippen LogP contribution in [0.25, 0.3) is 0 Å². The molecule has 0 aliphatic carbocycles. The summed E-state index contributed by atoms with van der Waals surface area (Å²) in [4.78, 5) is 13.0. The summed E-state index contributed by atoms with van der Waals surface area (Å²) in [5.41, 5.74) is 2.67. The molecule has 3 heteroatoms. The van der Waals surface area contributed by atoms with Crippen LogP contribution in [0.15, 0.2) is 24.3 Å². The first kappa shape index (κ1) is 14.1. The predicted molar refractivity (Wildman–Crippen MR) is 76.0 cm³/mol. The zero-order chi connectivity index (χ0) is 13.7. The molecule has 1 N–H and O–H groups in total. The maximum Gasteiger partial charge on any atom is 0.303 e. The fraction of sp³-hybridized carbons (Fsp3) is 0.562. The zero-order valence-electron chi connectivity index (χ0n) is 11.6. The van der Waals surface area contributed by atoms with E-state index in [1.165, 1.54) is 11.1 Å². The second-order valence-corrected chi connectivity index (χ2v) is 5.64. The normalized spacial score (nSPS) is 17.5. The summed E-state index contributed by atoms with van der Waals surface area (Å²) in [5.74, 6) is -0.0625. The Labute approximate surface area is 115 Å². The first-order valence-corrected chi connectivity index (χ1v) is 7.13. The topological polar surface area (TPSA) is 40.5 Å². The molecule has 0 saturated carbocycles. The molecule has 0 spiro atoms. The number of piperidine rings is 1. The third-order valence-corrected chi connectivity index (χ3v) is 4.00. The van der Waals surface area contributed by atoms with Crippen molar-refractivity contribution in [2.24, 2.45) is 5.92 Å². The van der Waals surface area contributed by atoms with Gasteiger partial charge in [0.05, 0.1) is 0 Å². The van der Waals surface area contributed by atoms with Crippen LogP contribution in [0.3, 0.4) is 0 Å². The van der Waals surface area contributed by atoms with Gasteiger partial charge in [-0.25, -0.2) is 0 Å². The molecule has 1 aliphatic rings. The molecule has 1 fully saturated rings. The minimum absolute atomic E-state index is 0.322. The van der Waals surface area contributed by atoms with Crippen LogP contribution in [0.4, 0.5) is 0 Å². The maximum absolute atomic E-state index is 10.6. The van der Waals surface area contributed by atoms with Crippen LogP contribution < -0.4 is 0 Å². The van der Waals surface area contributed by atoms with Gasteiger partial charge >= 0.3 is 5.97 Å². The lowest BCUT2D eigenvalue weighted by Gasteiger charge is -2.31. The second kappa shape index (κ2) is 6.71. The molecule has 2 rings (SSSR count). The number of carbonyl (C=O) groups is 1. The Bertz CT molecular complexity index is 405. The van der Waals surface area contributed by atoms with Crippen LogP contribution in [0.1, 0.15) is 36.8 Å². The van der Waals surface area contributed by atoms with Gasteiger partial charge in [-0.2, -0.15) is 0 Å². The quantitative estimate of drug-likeness (QED) is 0.885. The van der Waals surface area contributed by atoms with E-state index in [-0.39, 0.29) is 0 Å². The molecule has 104 valence electrons. The number of hydrogen-bond acceptors (Lipinski definition) is 2. The lowest BCUT2D eigenvalue weighted by molar-refractivity contribution is -0.137. The van der Waals surface area contributed by atoms with Crippen molar-refractivity contribution in [3.05, 3.63) is 35.4 Å². The SMILES string of the molecule is Cc1ccc(CN2CCC(CCC(=O)O)CC2)cc1. The van der Waals surface area contributed by atoms with E-state index in [0.717, 1.165) is 38.9 Å². The largest absolute Gasteiger partial charge is 0.481 e. The van der Waals surface area contributed by atoms with E-state index in [1.54, 1.807) is 0 Å². The van der Waals surface area contributed by atoms with E-state index in [4.69, 9.17) is 5.11 Å². The highest BCUT2D eigenvalue weighted by molar-refractivity contribution is 5.66. The molecule has 3 nitrogen and oxygen atoms in total. The smallest absolute Gasteiger partial charge is 0.303 e. The summed E-state index contributed by atoms with van der Waals surface area (Å²) < 4.78 is 0. The van der Waals surface area contributed by atoms with Gasteiger partial charge in [0, 0.05) is 13.0 Å². The van der Waals surface area contributed by atoms with Gasteiger partial charge in [0.1, 0.15) is 0 Å². The monoisotopic (exact) mass is 261 g/mol. The molecule has 19 heavy (non-hydrogen) atoms. The molecule has 1 aliphatic heterocycles. The van der Waals surface area contributed by atoms with Crippen molar-refractivity contribution in [2.45, 2.75) is 39.2 Å². The van der Waals surface area contributed by atoms with E-state index in [9.17, 15) is 4.79 Å². The van der Waals surface area contributed by atoms with Crippen LogP contribution in [-0.4, -0.2) is 29.1 Å². The Morgan fingerprint density at radius 1 is 1.26 bits per heavy atom. The van der Waals surface area contributed by atoms with Crippen molar-refractivity contribution in [1.29, 1.82) is 0 Å². The molecule has 1 heterocycles. The molecule has 0 radical (unpaired) electrons. The molecule has 0 bridgehead atoms. The van der Waals surface area contributed by atoms with Gasteiger partial charge in [0.15, 0.2) is 0 Å². The highest BCUT2D eigenvalue weighted by atomic mass is 16.4. The van der Waals surface area contributed by atoms with Gasteiger partial charge in [-0.1, -0.05) is 29.8 Å². The summed E-state index contributed by atoms with van der Waals surface area (Å²) in [6, 6.07) is 8.72. The van der Waals surface area contributed by atoms with E-state index in [0.29, 0.717) is 12.3 Å². The lowest BCUT2D eigenvalue weighted by atomic mass is 9.92. The van der Waals surface area contributed by atoms with Crippen LogP contribution in [0.2, 0.25) is 0 Å². The van der Waals surface area contributed by atoms with Crippen LogP contribution in [0, 0.1) is 12.8 Å². The maximum atomic E-state index is 10.6. The molecule has 0 unspecified atom stereocenters. The van der Waals surface area contributed by atoms with E-state index in [2.05, 4.69) is 36.1 Å². The second-order valence-electron chi connectivity index (χ2n) is 5.64. The standard InChI is InChI=1S/C16H23NO2/c1-13-2-4-15(5-3-13)12-17-10-8-14(9-11-17)6-7-16(18)19/h2-5,14H,6-12H2,1H3,(H,18,19). The molecular formula is C16H23NO2. The molecular weight excluding hydrogens is 238 g/mol. The average molecular weight is 261 g/mol. The van der Waals surface area contributed by atoms with Gasteiger partial charge in [0.25, 0.3) is 0 Å². The van der Waals surface area contributed by atoms with Gasteiger partial charge < -0.3 is 5.11 Å². The fourth-order valence-corrected chi connectivity index (χ4v) is 2.71. The number of carboxylic acid groups (broad SMARTS) is 1. The van der Waals surface area contributed by atoms with Crippen molar-refractivity contribution in [2.75, 3.05) is 13.1 Å². The number of aliphatic carboxylic acids is 1. The minimum Gasteiger partial charge on any atom is -0.481 e. The van der Waals surface area contributed by atoms with Crippen LogP contribution in [-0.2, 0) is 11.3 Å². The average Bonchev–Trinajstić information content (AvgIpc) is 2.40. The Morgan fingerprint density at radius 3 is 2.47 bits per heavy atom. The molecule has 0 amide bonds. The van der Waals surface area contributed by atoms with Gasteiger partial charge in [-0.15, -0.1) is 0 Å².